The molecule has 1 aromatic carbocycles. The highest BCUT2D eigenvalue weighted by Gasteiger charge is 2.27. The van der Waals surface area contributed by atoms with Gasteiger partial charge in [-0.1, -0.05) is 0 Å². The van der Waals surface area contributed by atoms with Crippen LogP contribution in [-0.2, 0) is 11.8 Å². The molecule has 1 N–H and O–H groups in total. The minimum absolute atomic E-state index is 0.109. The third kappa shape index (κ3) is 5.30. The molecule has 2 amide bonds. The largest absolute Gasteiger partial charge is 0.481 e. The van der Waals surface area contributed by atoms with Gasteiger partial charge in [0.1, 0.15) is 5.75 Å². The predicted octanol–water partition coefficient (Wildman–Crippen LogP) is 2.13. The van der Waals surface area contributed by atoms with Gasteiger partial charge in [0.25, 0.3) is 11.8 Å². The van der Waals surface area contributed by atoms with Crippen molar-refractivity contribution >= 4 is 11.8 Å². The molecule has 0 bridgehead atoms. The number of likely N-dealkylation sites (tertiary alicyclic amines) is 1. The summed E-state index contributed by atoms with van der Waals surface area (Å²) >= 11 is 0. The summed E-state index contributed by atoms with van der Waals surface area (Å²) in [6, 6.07) is 3.18. The number of aryl methyl sites for hydroxylation is 1. The molecule has 0 spiro atoms. The van der Waals surface area contributed by atoms with Gasteiger partial charge in [-0.15, -0.1) is 0 Å². The zero-order valence-corrected chi connectivity index (χ0v) is 16.4. The number of hydrogen-bond donors (Lipinski definition) is 1. The Labute approximate surface area is 167 Å². The lowest BCUT2D eigenvalue weighted by Crippen LogP contribution is -2.46. The fourth-order valence-electron chi connectivity index (χ4n) is 3.30. The lowest BCUT2D eigenvalue weighted by molar-refractivity contribution is -0.139. The maximum atomic E-state index is 13.3. The molecule has 2 aromatic rings. The fraction of sp³-hybridized carbons (Fsp3) is 0.450. The van der Waals surface area contributed by atoms with Crippen molar-refractivity contribution in [3.63, 3.8) is 0 Å². The SMILES string of the molecule is CC(Oc1ccc(F)c(F)c1)C(=O)N1CCC(CNC(=O)c2cnn(C)c2)CC1. The zero-order valence-electron chi connectivity index (χ0n) is 16.4. The lowest BCUT2D eigenvalue weighted by Gasteiger charge is -2.33. The smallest absolute Gasteiger partial charge is 0.263 e. The van der Waals surface area contributed by atoms with Gasteiger partial charge in [-0.3, -0.25) is 14.3 Å². The second kappa shape index (κ2) is 9.02. The first-order chi connectivity index (χ1) is 13.8. The van der Waals surface area contributed by atoms with E-state index in [1.165, 1.54) is 12.3 Å². The van der Waals surface area contributed by atoms with E-state index in [-0.39, 0.29) is 23.5 Å². The minimum atomic E-state index is -1.02. The van der Waals surface area contributed by atoms with Crippen molar-refractivity contribution in [1.82, 2.24) is 20.0 Å². The highest BCUT2D eigenvalue weighted by molar-refractivity contribution is 5.93. The topological polar surface area (TPSA) is 76.5 Å². The molecule has 1 saturated heterocycles. The Kier molecular flexibility index (Phi) is 6.46. The molecule has 3 rings (SSSR count). The number of aromatic nitrogens is 2. The Bertz CT molecular complexity index is 878. The van der Waals surface area contributed by atoms with E-state index in [0.29, 0.717) is 25.2 Å². The zero-order chi connectivity index (χ0) is 21.0. The monoisotopic (exact) mass is 406 g/mol. The van der Waals surface area contributed by atoms with E-state index in [9.17, 15) is 18.4 Å². The quantitative estimate of drug-likeness (QED) is 0.798. The average molecular weight is 406 g/mol. The van der Waals surface area contributed by atoms with Crippen LogP contribution in [0.1, 0.15) is 30.1 Å². The Morgan fingerprint density at radius 2 is 2.00 bits per heavy atom. The summed E-state index contributed by atoms with van der Waals surface area (Å²) in [5.74, 6) is -1.96. The number of nitrogens with one attached hydrogen (secondary N) is 1. The molecule has 0 aliphatic carbocycles. The standard InChI is InChI=1S/C20H24F2N4O3/c1-13(29-16-3-4-17(21)18(22)9-16)20(28)26-7-5-14(6-8-26)10-23-19(27)15-11-24-25(2)12-15/h3-4,9,11-14H,5-8,10H2,1-2H3,(H,23,27). The van der Waals surface area contributed by atoms with Gasteiger partial charge >= 0.3 is 0 Å². The van der Waals surface area contributed by atoms with Crippen molar-refractivity contribution in [2.24, 2.45) is 13.0 Å². The summed E-state index contributed by atoms with van der Waals surface area (Å²) in [5, 5.41) is 6.88. The van der Waals surface area contributed by atoms with E-state index in [4.69, 9.17) is 4.74 Å². The maximum Gasteiger partial charge on any atom is 0.263 e. The van der Waals surface area contributed by atoms with Crippen LogP contribution in [-0.4, -0.2) is 52.2 Å². The molecular formula is C20H24F2N4O3. The van der Waals surface area contributed by atoms with Crippen LogP contribution in [0.25, 0.3) is 0 Å². The number of amides is 2. The Morgan fingerprint density at radius 1 is 1.28 bits per heavy atom. The second-order valence-electron chi connectivity index (χ2n) is 7.22. The molecule has 1 aliphatic rings. The van der Waals surface area contributed by atoms with Gasteiger partial charge in [0.05, 0.1) is 11.8 Å². The second-order valence-corrected chi connectivity index (χ2v) is 7.22. The number of hydrogen-bond acceptors (Lipinski definition) is 4. The van der Waals surface area contributed by atoms with Crippen molar-refractivity contribution in [3.8, 4) is 5.75 Å². The Balaban J connectivity index is 1.43. The fourth-order valence-corrected chi connectivity index (χ4v) is 3.30. The summed E-state index contributed by atoms with van der Waals surface area (Å²) in [7, 11) is 1.75. The number of rotatable bonds is 6. The number of benzene rings is 1. The lowest BCUT2D eigenvalue weighted by atomic mass is 9.96. The number of halogens is 2. The number of nitrogens with zero attached hydrogens (tertiary/aromatic N) is 3. The number of carbonyl (C=O) groups excluding carboxylic acids is 2. The molecule has 0 radical (unpaired) electrons. The molecule has 1 atom stereocenters. The molecule has 1 fully saturated rings. The molecule has 156 valence electrons. The highest BCUT2D eigenvalue weighted by atomic mass is 19.2. The first-order valence-electron chi connectivity index (χ1n) is 9.51. The normalized spacial score (nSPS) is 15.8. The molecule has 1 aliphatic heterocycles. The Morgan fingerprint density at radius 3 is 2.62 bits per heavy atom. The van der Waals surface area contributed by atoms with Crippen molar-refractivity contribution in [3.05, 3.63) is 47.8 Å². The van der Waals surface area contributed by atoms with E-state index in [1.807, 2.05) is 0 Å². The molecule has 9 heteroatoms. The summed E-state index contributed by atoms with van der Waals surface area (Å²) in [4.78, 5) is 26.4. The molecular weight excluding hydrogens is 382 g/mol. The molecule has 7 nitrogen and oxygen atoms in total. The average Bonchev–Trinajstić information content (AvgIpc) is 3.15. The van der Waals surface area contributed by atoms with Crippen LogP contribution >= 0.6 is 0 Å². The van der Waals surface area contributed by atoms with Gasteiger partial charge in [-0.05, 0) is 37.8 Å². The van der Waals surface area contributed by atoms with E-state index < -0.39 is 17.7 Å². The summed E-state index contributed by atoms with van der Waals surface area (Å²) in [6.45, 7) is 3.23. The van der Waals surface area contributed by atoms with E-state index in [2.05, 4.69) is 10.4 Å². The highest BCUT2D eigenvalue weighted by Crippen LogP contribution is 2.20. The number of carbonyl (C=O) groups is 2. The van der Waals surface area contributed by atoms with Crippen LogP contribution in [0.15, 0.2) is 30.6 Å². The van der Waals surface area contributed by atoms with Gasteiger partial charge < -0.3 is 15.0 Å². The van der Waals surface area contributed by atoms with Gasteiger partial charge in [-0.25, -0.2) is 8.78 Å². The first-order valence-corrected chi connectivity index (χ1v) is 9.51. The molecule has 1 unspecified atom stereocenters. The predicted molar refractivity (Wildman–Crippen MR) is 101 cm³/mol. The van der Waals surface area contributed by atoms with Crippen LogP contribution in [0, 0.1) is 17.6 Å². The van der Waals surface area contributed by atoms with Gasteiger partial charge in [0, 0.05) is 38.9 Å². The van der Waals surface area contributed by atoms with E-state index >= 15 is 0 Å². The van der Waals surface area contributed by atoms with Crippen LogP contribution in [0.5, 0.6) is 5.75 Å². The minimum Gasteiger partial charge on any atom is -0.481 e. The van der Waals surface area contributed by atoms with E-state index in [0.717, 1.165) is 25.0 Å². The van der Waals surface area contributed by atoms with Crippen LogP contribution in [0.3, 0.4) is 0 Å². The maximum absolute atomic E-state index is 13.3. The van der Waals surface area contributed by atoms with Crippen molar-refractivity contribution < 1.29 is 23.1 Å². The third-order valence-electron chi connectivity index (χ3n) is 5.00. The third-order valence-corrected chi connectivity index (χ3v) is 5.00. The summed E-state index contributed by atoms with van der Waals surface area (Å²) in [6.07, 6.45) is 3.89. The molecule has 1 aromatic heterocycles. The van der Waals surface area contributed by atoms with Crippen LogP contribution in [0.4, 0.5) is 8.78 Å². The van der Waals surface area contributed by atoms with Crippen molar-refractivity contribution in [1.29, 1.82) is 0 Å². The van der Waals surface area contributed by atoms with Crippen LogP contribution < -0.4 is 10.1 Å². The summed E-state index contributed by atoms with van der Waals surface area (Å²) < 4.78 is 33.3. The van der Waals surface area contributed by atoms with Gasteiger partial charge in [-0.2, -0.15) is 5.10 Å². The van der Waals surface area contributed by atoms with Gasteiger partial charge in [0.2, 0.25) is 0 Å². The van der Waals surface area contributed by atoms with Crippen molar-refractivity contribution in [2.45, 2.75) is 25.9 Å². The molecule has 2 heterocycles. The van der Waals surface area contributed by atoms with Gasteiger partial charge in [0.15, 0.2) is 17.7 Å². The van der Waals surface area contributed by atoms with Crippen molar-refractivity contribution in [2.75, 3.05) is 19.6 Å². The molecule has 0 saturated carbocycles. The van der Waals surface area contributed by atoms with Crippen LogP contribution in [0.2, 0.25) is 0 Å². The first kappa shape index (κ1) is 20.8. The Hall–Kier alpha value is -2.97. The summed E-state index contributed by atoms with van der Waals surface area (Å²) in [5.41, 5.74) is 0.517. The number of piperidine rings is 1. The molecule has 29 heavy (non-hydrogen) atoms. The van der Waals surface area contributed by atoms with E-state index in [1.54, 1.807) is 29.7 Å². The number of ether oxygens (including phenoxy) is 1.